The van der Waals surface area contributed by atoms with Crippen molar-refractivity contribution < 1.29 is 4.42 Å². The van der Waals surface area contributed by atoms with Crippen LogP contribution >= 0.6 is 11.8 Å². The molecule has 2 aliphatic carbocycles. The van der Waals surface area contributed by atoms with Crippen LogP contribution in [0.4, 0.5) is 17.1 Å². The lowest BCUT2D eigenvalue weighted by atomic mass is 9.67. The number of furan rings is 1. The molecular weight excluding hydrogens is 927 g/mol. The molecule has 0 unspecified atom stereocenters. The Kier molecular flexibility index (Phi) is 9.14. The molecule has 0 fully saturated rings. The lowest BCUT2D eigenvalue weighted by Gasteiger charge is -2.39. The van der Waals surface area contributed by atoms with Crippen LogP contribution in [0.5, 0.6) is 0 Å². The third-order valence-corrected chi connectivity index (χ3v) is 17.8. The van der Waals surface area contributed by atoms with Gasteiger partial charge >= 0.3 is 0 Å². The summed E-state index contributed by atoms with van der Waals surface area (Å²) >= 11 is 1.89. The van der Waals surface area contributed by atoms with E-state index in [-0.39, 0.29) is 0 Å². The molecule has 0 radical (unpaired) electrons. The molecule has 0 amide bonds. The fourth-order valence-corrected chi connectivity index (χ4v) is 14.8. The van der Waals surface area contributed by atoms with Crippen molar-refractivity contribution in [1.29, 1.82) is 0 Å². The highest BCUT2D eigenvalue weighted by Gasteiger charge is 2.51. The van der Waals surface area contributed by atoms with Gasteiger partial charge in [0.2, 0.25) is 0 Å². The van der Waals surface area contributed by atoms with E-state index in [2.05, 4.69) is 278 Å². The molecule has 0 saturated heterocycles. The van der Waals surface area contributed by atoms with E-state index in [1.807, 2.05) is 11.8 Å². The number of hydrogen-bond acceptors (Lipinski definition) is 3. The lowest BCUT2D eigenvalue weighted by molar-refractivity contribution is 0.672. The molecule has 0 bridgehead atoms. The van der Waals surface area contributed by atoms with E-state index < -0.39 is 10.8 Å². The van der Waals surface area contributed by atoms with Gasteiger partial charge in [0.25, 0.3) is 0 Å². The molecule has 2 nitrogen and oxygen atoms in total. The highest BCUT2D eigenvalue weighted by atomic mass is 32.2. The van der Waals surface area contributed by atoms with Gasteiger partial charge in [-0.15, -0.1) is 0 Å². The van der Waals surface area contributed by atoms with E-state index >= 15 is 0 Å². The summed E-state index contributed by atoms with van der Waals surface area (Å²) in [5.41, 5.74) is 21.8. The van der Waals surface area contributed by atoms with Crippen LogP contribution < -0.4 is 4.90 Å². The molecule has 2 heterocycles. The molecule has 1 aromatic heterocycles. The fourth-order valence-electron chi connectivity index (χ4n) is 13.6. The second-order valence-electron chi connectivity index (χ2n) is 20.2. The summed E-state index contributed by atoms with van der Waals surface area (Å²) in [6, 6.07) is 101. The Labute approximate surface area is 439 Å². The van der Waals surface area contributed by atoms with E-state index in [9.17, 15) is 0 Å². The summed E-state index contributed by atoms with van der Waals surface area (Å²) < 4.78 is 6.92. The maximum Gasteiger partial charge on any atom is 0.145 e. The van der Waals surface area contributed by atoms with E-state index in [1.165, 1.54) is 82.1 Å². The quantitative estimate of drug-likeness (QED) is 0.165. The monoisotopic (exact) mass is 971 g/mol. The van der Waals surface area contributed by atoms with Crippen LogP contribution in [0.25, 0.3) is 66.1 Å². The topological polar surface area (TPSA) is 16.4 Å². The molecule has 350 valence electrons. The van der Waals surface area contributed by atoms with Gasteiger partial charge in [-0.25, -0.2) is 0 Å². The van der Waals surface area contributed by atoms with Gasteiger partial charge in [-0.3, -0.25) is 0 Å². The predicted octanol–water partition coefficient (Wildman–Crippen LogP) is 19.1. The SMILES string of the molecule is c1ccc(C2(c3ccccc3)c3ccccc3-c3c(N(c4ccc(-c5ccc6c(c5)-c5ccccc5C65c6ccccc6Sc6ccccc65)cc4)c4cccc5ccc6c7ccccc7oc6c45)cccc32)cc1. The average molecular weight is 972 g/mol. The van der Waals surface area contributed by atoms with Crippen molar-refractivity contribution >= 4 is 61.5 Å². The molecule has 0 N–H and O–H groups in total. The summed E-state index contributed by atoms with van der Waals surface area (Å²) in [5, 5.41) is 4.42. The Balaban J connectivity index is 0.919. The number of anilines is 3. The van der Waals surface area contributed by atoms with E-state index in [0.717, 1.165) is 55.3 Å². The maximum atomic E-state index is 6.92. The van der Waals surface area contributed by atoms with E-state index in [4.69, 9.17) is 4.42 Å². The van der Waals surface area contributed by atoms with Crippen molar-refractivity contribution in [3.05, 3.63) is 317 Å². The maximum absolute atomic E-state index is 6.92. The predicted molar refractivity (Wildman–Crippen MR) is 310 cm³/mol. The van der Waals surface area contributed by atoms with Crippen LogP contribution in [0.2, 0.25) is 0 Å². The number of fused-ring (bicyclic) bond motifs is 17. The summed E-state index contributed by atoms with van der Waals surface area (Å²) in [6.45, 7) is 0. The zero-order valence-electron chi connectivity index (χ0n) is 40.7. The largest absolute Gasteiger partial charge is 0.455 e. The molecule has 12 aromatic carbocycles. The van der Waals surface area contributed by atoms with Gasteiger partial charge < -0.3 is 9.32 Å². The summed E-state index contributed by atoms with van der Waals surface area (Å²) in [4.78, 5) is 5.13. The number of para-hydroxylation sites is 1. The molecule has 3 aliphatic rings. The minimum Gasteiger partial charge on any atom is -0.455 e. The Morgan fingerprint density at radius 3 is 1.64 bits per heavy atom. The van der Waals surface area contributed by atoms with Crippen LogP contribution in [0.1, 0.15) is 44.5 Å². The first kappa shape index (κ1) is 42.4. The first-order chi connectivity index (χ1) is 37.2. The number of hydrogen-bond donors (Lipinski definition) is 0. The van der Waals surface area contributed by atoms with E-state index in [0.29, 0.717) is 0 Å². The zero-order chi connectivity index (χ0) is 49.2. The highest BCUT2D eigenvalue weighted by Crippen LogP contribution is 2.63. The Morgan fingerprint density at radius 1 is 0.347 bits per heavy atom. The van der Waals surface area contributed by atoms with Crippen molar-refractivity contribution in [2.45, 2.75) is 20.6 Å². The van der Waals surface area contributed by atoms with Gasteiger partial charge in [-0.2, -0.15) is 0 Å². The van der Waals surface area contributed by atoms with Crippen LogP contribution in [0, 0.1) is 0 Å². The minimum absolute atomic E-state index is 0.413. The minimum atomic E-state index is -0.559. The van der Waals surface area contributed by atoms with Gasteiger partial charge in [-0.05, 0) is 132 Å². The van der Waals surface area contributed by atoms with E-state index in [1.54, 1.807) is 0 Å². The molecule has 75 heavy (non-hydrogen) atoms. The fraction of sp³-hybridized carbons (Fsp3) is 0.0278. The first-order valence-electron chi connectivity index (χ1n) is 25.9. The lowest BCUT2D eigenvalue weighted by Crippen LogP contribution is -2.31. The third-order valence-electron chi connectivity index (χ3n) is 16.6. The van der Waals surface area contributed by atoms with Crippen LogP contribution in [0.15, 0.2) is 287 Å². The van der Waals surface area contributed by atoms with Crippen molar-refractivity contribution in [2.24, 2.45) is 0 Å². The normalized spacial score (nSPS) is 14.0. The van der Waals surface area contributed by atoms with Crippen molar-refractivity contribution in [1.82, 2.24) is 0 Å². The van der Waals surface area contributed by atoms with Crippen molar-refractivity contribution in [3.8, 4) is 33.4 Å². The Bertz CT molecular complexity index is 4370. The van der Waals surface area contributed by atoms with Crippen molar-refractivity contribution in [2.75, 3.05) is 4.90 Å². The second kappa shape index (κ2) is 16.2. The molecule has 3 heteroatoms. The Hall–Kier alpha value is -9.15. The molecule has 0 saturated carbocycles. The third kappa shape index (κ3) is 5.82. The summed E-state index contributed by atoms with van der Waals surface area (Å²) in [5.74, 6) is 0. The Morgan fingerprint density at radius 2 is 0.907 bits per heavy atom. The van der Waals surface area contributed by atoms with Crippen LogP contribution in [-0.4, -0.2) is 0 Å². The molecule has 13 aromatic rings. The molecule has 1 spiro atoms. The van der Waals surface area contributed by atoms with Crippen LogP contribution in [0.3, 0.4) is 0 Å². The van der Waals surface area contributed by atoms with Gasteiger partial charge in [0.05, 0.1) is 22.2 Å². The average Bonchev–Trinajstić information content (AvgIpc) is 4.14. The zero-order valence-corrected chi connectivity index (χ0v) is 41.6. The summed E-state index contributed by atoms with van der Waals surface area (Å²) in [6.07, 6.45) is 0. The highest BCUT2D eigenvalue weighted by molar-refractivity contribution is 7.99. The molecule has 0 atom stereocenters. The standard InChI is InChI=1S/C72H45NOS/c1-3-20-49(21-4-1)71(50-22-5-2-6-23-50)58-28-11-8-26-55(58)69-62(71)31-18-33-64(69)73(63-32-17-19-47-39-43-54-53-25-9-14-34-65(53)74-70(54)68(47)63)51-41-37-46(38-42-51)48-40-44-59-56(45-48)52-24-7-10-27-57(52)72(59)60-29-12-15-35-66(60)75-67-36-16-13-30-61(67)72/h1-45H. The van der Waals surface area contributed by atoms with Gasteiger partial charge in [0, 0.05) is 37.2 Å². The van der Waals surface area contributed by atoms with Gasteiger partial charge in [0.15, 0.2) is 0 Å². The number of rotatable bonds is 6. The smallest absolute Gasteiger partial charge is 0.145 e. The molecule has 16 rings (SSSR count). The van der Waals surface area contributed by atoms with Crippen molar-refractivity contribution in [3.63, 3.8) is 0 Å². The van der Waals surface area contributed by atoms with Gasteiger partial charge in [-0.1, -0.05) is 230 Å². The van der Waals surface area contributed by atoms with Gasteiger partial charge in [0.1, 0.15) is 11.2 Å². The number of nitrogens with zero attached hydrogens (tertiary/aromatic N) is 1. The second-order valence-corrected chi connectivity index (χ2v) is 21.3. The summed E-state index contributed by atoms with van der Waals surface area (Å²) in [7, 11) is 0. The van der Waals surface area contributed by atoms with Crippen LogP contribution in [-0.2, 0) is 10.8 Å². The number of benzene rings is 12. The molecule has 1 aliphatic heterocycles. The first-order valence-corrected chi connectivity index (χ1v) is 26.7. The molecular formula is C72H45NOS.